The van der Waals surface area contributed by atoms with Crippen LogP contribution in [0.3, 0.4) is 0 Å². The number of benzene rings is 4. The third-order valence-corrected chi connectivity index (χ3v) is 15.4. The Bertz CT molecular complexity index is 2600. The number of alkyl halides is 6. The molecule has 2 amide bonds. The van der Waals surface area contributed by atoms with Crippen LogP contribution in [-0.2, 0) is 49.4 Å². The predicted octanol–water partition coefficient (Wildman–Crippen LogP) is 9.74. The van der Waals surface area contributed by atoms with E-state index in [9.17, 15) is 61.5 Å². The number of urea groups is 1. The molecule has 0 saturated carbocycles. The molecule has 71 heavy (non-hydrogen) atoms. The van der Waals surface area contributed by atoms with Gasteiger partial charge in [0.2, 0.25) is 26.1 Å². The quantitative estimate of drug-likeness (QED) is 0.0519. The van der Waals surface area contributed by atoms with E-state index in [1.165, 1.54) is 53.4 Å². The average molecular weight is 1080 g/mol. The molecule has 2 saturated heterocycles. The second-order valence-corrected chi connectivity index (χ2v) is 26.5. The zero-order chi connectivity index (χ0) is 51.9. The van der Waals surface area contributed by atoms with Crippen molar-refractivity contribution in [2.24, 2.45) is 10.4 Å². The maximum Gasteiger partial charge on any atom is 0.402 e. The molecule has 12 nitrogen and oxygen atoms in total. The smallest absolute Gasteiger partial charge is 0.351 e. The van der Waals surface area contributed by atoms with Crippen LogP contribution in [0.25, 0.3) is 0 Å². The monoisotopic (exact) mass is 1080 g/mol. The van der Waals surface area contributed by atoms with Crippen molar-refractivity contribution in [3.8, 4) is 0 Å². The molecule has 4 aromatic rings. The first kappa shape index (κ1) is 60.6. The van der Waals surface area contributed by atoms with Gasteiger partial charge in [0, 0.05) is 37.3 Å². The number of likely N-dealkylation sites (tertiary alicyclic amines) is 1. The Kier molecular flexibility index (Phi) is 22.9. The molecule has 24 heteroatoms. The van der Waals surface area contributed by atoms with Crippen LogP contribution < -0.4 is 11.1 Å². The molecule has 0 atom stereocenters. The number of halogens is 9. The van der Waals surface area contributed by atoms with Gasteiger partial charge in [-0.25, -0.2) is 39.9 Å². The van der Waals surface area contributed by atoms with Crippen LogP contribution in [0.4, 0.5) is 39.9 Å². The van der Waals surface area contributed by atoms with Crippen molar-refractivity contribution in [2.75, 3.05) is 39.3 Å². The van der Waals surface area contributed by atoms with Crippen molar-refractivity contribution >= 4 is 52.8 Å². The van der Waals surface area contributed by atoms with Crippen molar-refractivity contribution in [2.45, 2.75) is 94.1 Å². The van der Waals surface area contributed by atoms with Crippen molar-refractivity contribution in [1.82, 2.24) is 18.8 Å². The molecule has 0 aliphatic carbocycles. The van der Waals surface area contributed by atoms with Crippen LogP contribution in [-0.4, -0.2) is 102 Å². The second kappa shape index (κ2) is 26.8. The van der Waals surface area contributed by atoms with Crippen LogP contribution in [0.1, 0.15) is 70.9 Å². The fourth-order valence-corrected chi connectivity index (χ4v) is 10.9. The fourth-order valence-electron chi connectivity index (χ4n) is 7.65. The molecule has 4 aromatic carbocycles. The second-order valence-electron chi connectivity index (χ2n) is 17.9. The van der Waals surface area contributed by atoms with E-state index in [-0.39, 0.29) is 39.7 Å². The number of carbonyl (C=O) groups is 1. The number of hydrogen-bond acceptors (Lipinski definition) is 8. The minimum absolute atomic E-state index is 0. The van der Waals surface area contributed by atoms with Gasteiger partial charge in [0.05, 0.1) is 11.5 Å². The molecular formula is C47H59ClF8N6O6S2Si. The van der Waals surface area contributed by atoms with Gasteiger partial charge in [-0.2, -0.15) is 35.0 Å². The summed E-state index contributed by atoms with van der Waals surface area (Å²) in [6, 6.07) is 23.8. The molecule has 2 aliphatic heterocycles. The first-order valence-electron chi connectivity index (χ1n) is 22.2. The fraction of sp³-hybridized carbons (Fsp3) is 0.447. The normalized spacial score (nSPS) is 15.1. The number of primary amides is 1. The van der Waals surface area contributed by atoms with E-state index in [4.69, 9.17) is 5.73 Å². The molecule has 0 unspecified atom stereocenters. The lowest BCUT2D eigenvalue weighted by molar-refractivity contribution is -0.137. The van der Waals surface area contributed by atoms with Gasteiger partial charge in [0.1, 0.15) is 24.7 Å². The van der Waals surface area contributed by atoms with Crippen LogP contribution in [0, 0.1) is 11.6 Å². The summed E-state index contributed by atoms with van der Waals surface area (Å²) in [7, 11) is -10.1. The molecule has 2 fully saturated rings. The number of carbonyl (C=O) groups excluding carboxylic acids is 2. The van der Waals surface area contributed by atoms with E-state index in [0.717, 1.165) is 31.5 Å². The number of nitrogens with two attached hydrogens (primary N) is 1. The summed E-state index contributed by atoms with van der Waals surface area (Å²) < 4.78 is 163. The maximum atomic E-state index is 14.8. The molecule has 3 N–H and O–H groups in total. The van der Waals surface area contributed by atoms with Gasteiger partial charge >= 0.3 is 18.4 Å². The summed E-state index contributed by atoms with van der Waals surface area (Å²) in [6.45, 7) is 3.67. The molecule has 6 rings (SSSR count). The van der Waals surface area contributed by atoms with Crippen molar-refractivity contribution < 1.29 is 61.5 Å². The zero-order valence-corrected chi connectivity index (χ0v) is 42.8. The molecule has 2 aliphatic rings. The highest BCUT2D eigenvalue weighted by molar-refractivity contribution is 7.88. The van der Waals surface area contributed by atoms with Crippen molar-refractivity contribution in [3.63, 3.8) is 0 Å². The van der Waals surface area contributed by atoms with Gasteiger partial charge in [0.25, 0.3) is 0 Å². The largest absolute Gasteiger partial charge is 0.402 e. The van der Waals surface area contributed by atoms with Crippen LogP contribution >= 0.6 is 12.4 Å². The minimum atomic E-state index is -4.78. The Hall–Kier alpha value is -4.74. The summed E-state index contributed by atoms with van der Waals surface area (Å²) >= 11 is 0. The lowest BCUT2D eigenvalue weighted by Crippen LogP contribution is -2.41. The van der Waals surface area contributed by atoms with E-state index in [2.05, 4.69) is 9.97 Å². The Morgan fingerprint density at radius 1 is 0.690 bits per heavy atom. The molecular weight excluding hydrogens is 1020 g/mol. The molecule has 392 valence electrons. The van der Waals surface area contributed by atoms with E-state index < -0.39 is 96.0 Å². The Morgan fingerprint density at radius 2 is 1.07 bits per heavy atom. The lowest BCUT2D eigenvalue weighted by Gasteiger charge is -2.31. The maximum absolute atomic E-state index is 14.8. The molecule has 2 heterocycles. The lowest BCUT2D eigenvalue weighted by atomic mass is 9.89. The number of piperidine rings is 2. The number of rotatable bonds is 15. The summed E-state index contributed by atoms with van der Waals surface area (Å²) in [4.78, 5) is 22.3. The van der Waals surface area contributed by atoms with Gasteiger partial charge in [-0.05, 0) is 105 Å². The van der Waals surface area contributed by atoms with E-state index in [0.29, 0.717) is 46.9 Å². The summed E-state index contributed by atoms with van der Waals surface area (Å²) in [5.74, 6) is -2.51. The zero-order valence-electron chi connectivity index (χ0n) is 39.4. The number of isocyanates is 1. The first-order valence-corrected chi connectivity index (χ1v) is 28.9. The number of amides is 2. The van der Waals surface area contributed by atoms with Crippen molar-refractivity contribution in [1.29, 1.82) is 0 Å². The van der Waals surface area contributed by atoms with Gasteiger partial charge in [-0.3, -0.25) is 0 Å². The Morgan fingerprint density at radius 3 is 1.38 bits per heavy atom. The van der Waals surface area contributed by atoms with Crippen LogP contribution in [0.2, 0.25) is 19.6 Å². The van der Waals surface area contributed by atoms with Crippen molar-refractivity contribution in [3.05, 3.63) is 142 Å². The van der Waals surface area contributed by atoms with Gasteiger partial charge in [0.15, 0.2) is 8.24 Å². The summed E-state index contributed by atoms with van der Waals surface area (Å²) in [5, 5.41) is 3.22. The van der Waals surface area contributed by atoms with Gasteiger partial charge in [-0.1, -0.05) is 84.9 Å². The predicted molar refractivity (Wildman–Crippen MR) is 261 cm³/mol. The number of sulfonamides is 2. The van der Waals surface area contributed by atoms with Gasteiger partial charge in [-0.15, -0.1) is 12.4 Å². The standard InChI is InChI=1S/C22H25F4N3O3S.C21H24F4N2O2S.C4H9NOSi.ClH/c23-20-12-18(17-8-10-28(11-9-17)21(27)30)6-7-19(20)13-29(15-22(24,25)26)33(31,32)14-16-4-2-1-3-5-16;22-20-12-18(17-8-10-26-11-9-17)6-7-19(20)13-27(15-21(23,24)25)30(28,29)14-16-4-2-1-3-5-16;1-7(2,3)5-4-6;/h1-7,12,17H,8-11,13-15H2,(H2,27,30);1-7,12,17,26H,8-11,13-15H2;1-3H3;1H. The molecule has 0 bridgehead atoms. The highest BCUT2D eigenvalue weighted by Crippen LogP contribution is 2.32. The third-order valence-electron chi connectivity index (χ3n) is 11.2. The minimum Gasteiger partial charge on any atom is -0.351 e. The summed E-state index contributed by atoms with van der Waals surface area (Å²) in [5.41, 5.74) is 7.18. The van der Waals surface area contributed by atoms with E-state index >= 15 is 0 Å². The highest BCUT2D eigenvalue weighted by atomic mass is 35.5. The Labute approximate surface area is 417 Å². The molecule has 0 aromatic heterocycles. The first-order chi connectivity index (χ1) is 32.6. The topological polar surface area (TPSA) is 163 Å². The summed E-state index contributed by atoms with van der Waals surface area (Å²) in [6.07, 6.45) is -5.12. The number of hydrogen-bond donors (Lipinski definition) is 2. The van der Waals surface area contributed by atoms with E-state index in [1.807, 2.05) is 19.6 Å². The highest BCUT2D eigenvalue weighted by Gasteiger charge is 2.38. The van der Waals surface area contributed by atoms with Gasteiger partial charge < -0.3 is 16.0 Å². The molecule has 0 radical (unpaired) electrons. The number of nitrogens with zero attached hydrogens (tertiary/aromatic N) is 4. The number of nitrogens with one attached hydrogen (secondary N) is 1. The van der Waals surface area contributed by atoms with Crippen LogP contribution in [0.15, 0.2) is 102 Å². The SMILES string of the molecule is C[Si](C)(C)N=C=O.Cl.NC(=O)N1CCC(c2ccc(CN(CC(F)(F)F)S(=O)(=O)Cc3ccccc3)c(F)c2)CC1.O=S(=O)(Cc1ccccc1)N(Cc1ccc(C2CCNCC2)cc1F)CC(F)(F)F. The third kappa shape index (κ3) is 21.1. The molecule has 0 spiro atoms. The Balaban J connectivity index is 0.000000328. The average Bonchev–Trinajstić information content (AvgIpc) is 3.27. The van der Waals surface area contributed by atoms with E-state index in [1.54, 1.807) is 54.6 Å². The van der Waals surface area contributed by atoms with Crippen LogP contribution in [0.5, 0.6) is 0 Å².